The molecule has 0 radical (unpaired) electrons. The molecule has 0 spiro atoms. The van der Waals surface area contributed by atoms with Crippen molar-refractivity contribution in [3.8, 4) is 0 Å². The maximum atomic E-state index is 6.43. The molecule has 0 aromatic heterocycles. The van der Waals surface area contributed by atoms with Crippen molar-refractivity contribution in [3.05, 3.63) is 28.8 Å². The summed E-state index contributed by atoms with van der Waals surface area (Å²) in [6.07, 6.45) is 1.27. The highest BCUT2D eigenvalue weighted by Crippen LogP contribution is 2.32. The van der Waals surface area contributed by atoms with E-state index in [9.17, 15) is 0 Å². The van der Waals surface area contributed by atoms with Crippen molar-refractivity contribution >= 4 is 17.3 Å². The van der Waals surface area contributed by atoms with Crippen LogP contribution in [0.2, 0.25) is 5.02 Å². The minimum absolute atomic E-state index is 0.360. The molecule has 0 saturated carbocycles. The number of anilines is 1. The Hall–Kier alpha value is -0.730. The van der Waals surface area contributed by atoms with Crippen molar-refractivity contribution in [2.45, 2.75) is 33.2 Å². The predicted octanol–water partition coefficient (Wildman–Crippen LogP) is 3.86. The van der Waals surface area contributed by atoms with E-state index < -0.39 is 0 Å². The van der Waals surface area contributed by atoms with Crippen LogP contribution in [0.25, 0.3) is 0 Å². The third-order valence-electron chi connectivity index (χ3n) is 3.75. The van der Waals surface area contributed by atoms with Crippen LogP contribution in [0.3, 0.4) is 0 Å². The van der Waals surface area contributed by atoms with Gasteiger partial charge in [-0.3, -0.25) is 0 Å². The van der Waals surface area contributed by atoms with Crippen LogP contribution in [0.4, 0.5) is 5.69 Å². The van der Waals surface area contributed by atoms with E-state index in [1.54, 1.807) is 0 Å². The zero-order valence-electron chi connectivity index (χ0n) is 11.5. The highest BCUT2D eigenvalue weighted by Gasteiger charge is 2.21. The number of nitrogens with zero attached hydrogens (tertiary/aromatic N) is 1. The van der Waals surface area contributed by atoms with Gasteiger partial charge in [-0.1, -0.05) is 31.5 Å². The van der Waals surface area contributed by atoms with Crippen LogP contribution in [0.15, 0.2) is 18.2 Å². The van der Waals surface area contributed by atoms with E-state index in [0.29, 0.717) is 6.04 Å². The van der Waals surface area contributed by atoms with Gasteiger partial charge < -0.3 is 10.2 Å². The summed E-state index contributed by atoms with van der Waals surface area (Å²) < 4.78 is 0. The van der Waals surface area contributed by atoms with Gasteiger partial charge in [0.15, 0.2) is 0 Å². The van der Waals surface area contributed by atoms with Gasteiger partial charge in [-0.05, 0) is 43.5 Å². The Labute approximate surface area is 115 Å². The lowest BCUT2D eigenvalue weighted by Crippen LogP contribution is -2.20. The molecule has 0 bridgehead atoms. The van der Waals surface area contributed by atoms with Crippen molar-refractivity contribution in [2.24, 2.45) is 5.92 Å². The average molecular weight is 267 g/mol. The van der Waals surface area contributed by atoms with Crippen molar-refractivity contribution in [1.29, 1.82) is 0 Å². The lowest BCUT2D eigenvalue weighted by atomic mass is 10.1. The Balaban J connectivity index is 2.15. The zero-order valence-corrected chi connectivity index (χ0v) is 12.3. The molecule has 2 rings (SSSR count). The standard InChI is InChI=1S/C15H23ClN2/c1-4-17-12(3)13-5-6-15(14(16)9-13)18-8-7-11(2)10-18/h5-6,9,11-12,17H,4,7-8,10H2,1-3H3. The van der Waals surface area contributed by atoms with Crippen molar-refractivity contribution in [3.63, 3.8) is 0 Å². The largest absolute Gasteiger partial charge is 0.370 e. The number of benzene rings is 1. The molecule has 0 amide bonds. The van der Waals surface area contributed by atoms with E-state index in [1.165, 1.54) is 17.7 Å². The number of hydrogen-bond acceptors (Lipinski definition) is 2. The summed E-state index contributed by atoms with van der Waals surface area (Å²) in [5.74, 6) is 0.779. The second kappa shape index (κ2) is 5.94. The molecule has 3 heteroatoms. The Bertz CT molecular complexity index is 405. The van der Waals surface area contributed by atoms with Crippen LogP contribution in [-0.4, -0.2) is 19.6 Å². The molecule has 1 heterocycles. The maximum Gasteiger partial charge on any atom is 0.0642 e. The van der Waals surface area contributed by atoms with Gasteiger partial charge in [-0.15, -0.1) is 0 Å². The van der Waals surface area contributed by atoms with Gasteiger partial charge in [0, 0.05) is 19.1 Å². The van der Waals surface area contributed by atoms with Crippen LogP contribution >= 0.6 is 11.6 Å². The predicted molar refractivity (Wildman–Crippen MR) is 79.5 cm³/mol. The summed E-state index contributed by atoms with van der Waals surface area (Å²) in [6.45, 7) is 9.83. The van der Waals surface area contributed by atoms with Gasteiger partial charge in [0.05, 0.1) is 10.7 Å². The maximum absolute atomic E-state index is 6.43. The highest BCUT2D eigenvalue weighted by molar-refractivity contribution is 6.33. The van der Waals surface area contributed by atoms with Crippen LogP contribution in [0.1, 0.15) is 38.8 Å². The summed E-state index contributed by atoms with van der Waals surface area (Å²) in [6, 6.07) is 6.83. The van der Waals surface area contributed by atoms with E-state index >= 15 is 0 Å². The molecule has 0 aliphatic carbocycles. The fourth-order valence-corrected chi connectivity index (χ4v) is 2.94. The van der Waals surface area contributed by atoms with Gasteiger partial charge in [-0.2, -0.15) is 0 Å². The molecule has 100 valence electrons. The lowest BCUT2D eigenvalue weighted by Gasteiger charge is -2.21. The van der Waals surface area contributed by atoms with Gasteiger partial charge in [0.1, 0.15) is 0 Å². The van der Waals surface area contributed by atoms with Gasteiger partial charge in [-0.25, -0.2) is 0 Å². The molecule has 1 N–H and O–H groups in total. The second-order valence-corrected chi connectivity index (χ2v) is 5.74. The Morgan fingerprint density at radius 3 is 2.83 bits per heavy atom. The van der Waals surface area contributed by atoms with Gasteiger partial charge in [0.25, 0.3) is 0 Å². The van der Waals surface area contributed by atoms with Crippen molar-refractivity contribution in [1.82, 2.24) is 5.32 Å². The molecular formula is C15H23ClN2. The molecule has 1 fully saturated rings. The summed E-state index contributed by atoms with van der Waals surface area (Å²) in [5.41, 5.74) is 2.45. The van der Waals surface area contributed by atoms with Gasteiger partial charge in [0.2, 0.25) is 0 Å². The molecule has 1 aliphatic rings. The average Bonchev–Trinajstić information content (AvgIpc) is 2.76. The molecule has 2 nitrogen and oxygen atoms in total. The minimum Gasteiger partial charge on any atom is -0.370 e. The Kier molecular flexibility index (Phi) is 4.52. The first-order chi connectivity index (χ1) is 8.61. The van der Waals surface area contributed by atoms with E-state index in [1.807, 2.05) is 0 Å². The van der Waals surface area contributed by atoms with Crippen LogP contribution < -0.4 is 10.2 Å². The molecule has 1 aliphatic heterocycles. The van der Waals surface area contributed by atoms with E-state index in [-0.39, 0.29) is 0 Å². The SMILES string of the molecule is CCNC(C)c1ccc(N2CCC(C)C2)c(Cl)c1. The number of hydrogen-bond donors (Lipinski definition) is 1. The van der Waals surface area contributed by atoms with Crippen LogP contribution in [-0.2, 0) is 0 Å². The summed E-state index contributed by atoms with van der Waals surface area (Å²) in [4.78, 5) is 2.40. The third-order valence-corrected chi connectivity index (χ3v) is 4.05. The lowest BCUT2D eigenvalue weighted by molar-refractivity contribution is 0.598. The monoisotopic (exact) mass is 266 g/mol. The smallest absolute Gasteiger partial charge is 0.0642 e. The quantitative estimate of drug-likeness (QED) is 0.890. The highest BCUT2D eigenvalue weighted by atomic mass is 35.5. The molecule has 1 aromatic rings. The molecule has 2 atom stereocenters. The molecule has 1 saturated heterocycles. The van der Waals surface area contributed by atoms with Crippen LogP contribution in [0.5, 0.6) is 0 Å². The first-order valence-electron chi connectivity index (χ1n) is 6.89. The second-order valence-electron chi connectivity index (χ2n) is 5.33. The fraction of sp³-hybridized carbons (Fsp3) is 0.600. The van der Waals surface area contributed by atoms with E-state index in [2.05, 4.69) is 49.2 Å². The number of rotatable bonds is 4. The van der Waals surface area contributed by atoms with E-state index in [4.69, 9.17) is 11.6 Å². The third kappa shape index (κ3) is 2.99. The van der Waals surface area contributed by atoms with Gasteiger partial charge >= 0.3 is 0 Å². The number of halogens is 1. The summed E-state index contributed by atoms with van der Waals surface area (Å²) in [7, 11) is 0. The van der Waals surface area contributed by atoms with Crippen LogP contribution in [0, 0.1) is 5.92 Å². The molecular weight excluding hydrogens is 244 g/mol. The first kappa shape index (κ1) is 13.7. The number of nitrogens with one attached hydrogen (secondary N) is 1. The first-order valence-corrected chi connectivity index (χ1v) is 7.27. The summed E-state index contributed by atoms with van der Waals surface area (Å²) in [5, 5.41) is 4.29. The minimum atomic E-state index is 0.360. The molecule has 2 unspecified atom stereocenters. The van der Waals surface area contributed by atoms with Crippen molar-refractivity contribution in [2.75, 3.05) is 24.5 Å². The topological polar surface area (TPSA) is 15.3 Å². The Morgan fingerprint density at radius 1 is 1.50 bits per heavy atom. The summed E-state index contributed by atoms with van der Waals surface area (Å²) >= 11 is 6.43. The fourth-order valence-electron chi connectivity index (χ4n) is 2.63. The van der Waals surface area contributed by atoms with Crippen molar-refractivity contribution < 1.29 is 0 Å². The Morgan fingerprint density at radius 2 is 2.28 bits per heavy atom. The zero-order chi connectivity index (χ0) is 13.1. The molecule has 18 heavy (non-hydrogen) atoms. The van der Waals surface area contributed by atoms with E-state index in [0.717, 1.165) is 30.6 Å². The molecule has 1 aromatic carbocycles. The normalized spacial score (nSPS) is 21.3.